The molecule has 6 rings (SSSR count). The van der Waals surface area contributed by atoms with Crippen LogP contribution in [0, 0.1) is 0 Å². The molecule has 2 fully saturated rings. The minimum atomic E-state index is 0.161. The molecule has 3 N–H and O–H groups in total. The van der Waals surface area contributed by atoms with E-state index >= 15 is 0 Å². The van der Waals surface area contributed by atoms with E-state index in [9.17, 15) is 4.79 Å². The Hall–Kier alpha value is -3.91. The molecule has 1 amide bonds. The van der Waals surface area contributed by atoms with Gasteiger partial charge in [0.2, 0.25) is 5.91 Å². The monoisotopic (exact) mass is 538 g/mol. The summed E-state index contributed by atoms with van der Waals surface area (Å²) in [7, 11) is 0. The fourth-order valence-electron chi connectivity index (χ4n) is 6.19. The average Bonchev–Trinajstić information content (AvgIpc) is 3.39. The van der Waals surface area contributed by atoms with E-state index in [-0.39, 0.29) is 11.9 Å². The number of hydrogen-bond donors (Lipinski definition) is 2. The number of hydrogen-bond acceptors (Lipinski definition) is 6. The second-order valence-corrected chi connectivity index (χ2v) is 11.1. The molecule has 208 valence electrons. The molecule has 1 saturated heterocycles. The van der Waals surface area contributed by atoms with Gasteiger partial charge in [-0.15, -0.1) is 0 Å². The van der Waals surface area contributed by atoms with Crippen molar-refractivity contribution in [1.29, 1.82) is 0 Å². The lowest BCUT2D eigenvalue weighted by Gasteiger charge is -2.31. The van der Waals surface area contributed by atoms with Crippen LogP contribution in [0.5, 0.6) is 5.75 Å². The van der Waals surface area contributed by atoms with E-state index < -0.39 is 0 Å². The highest BCUT2D eigenvalue weighted by Crippen LogP contribution is 2.39. The van der Waals surface area contributed by atoms with Gasteiger partial charge in [-0.1, -0.05) is 48.9 Å². The van der Waals surface area contributed by atoms with Crippen molar-refractivity contribution in [3.8, 4) is 16.9 Å². The van der Waals surface area contributed by atoms with Crippen molar-refractivity contribution in [2.24, 2.45) is 0 Å². The molecule has 0 bridgehead atoms. The lowest BCUT2D eigenvalue weighted by Crippen LogP contribution is -2.44. The fourth-order valence-corrected chi connectivity index (χ4v) is 6.19. The van der Waals surface area contributed by atoms with E-state index in [2.05, 4.69) is 55.2 Å². The third-order valence-corrected chi connectivity index (χ3v) is 8.30. The van der Waals surface area contributed by atoms with Crippen molar-refractivity contribution < 1.29 is 9.53 Å². The largest absolute Gasteiger partial charge is 0.489 e. The molecule has 0 spiro atoms. The van der Waals surface area contributed by atoms with Gasteiger partial charge in [0.1, 0.15) is 30.1 Å². The molecule has 0 radical (unpaired) electrons. The summed E-state index contributed by atoms with van der Waals surface area (Å²) in [4.78, 5) is 23.9. The molecule has 2 aromatic carbocycles. The summed E-state index contributed by atoms with van der Waals surface area (Å²) in [5, 5.41) is 4.17. The number of fused-ring (bicyclic) bond motifs is 1. The third kappa shape index (κ3) is 5.97. The number of piperidine rings is 1. The summed E-state index contributed by atoms with van der Waals surface area (Å²) in [5.74, 6) is 1.44. The molecule has 2 aromatic heterocycles. The van der Waals surface area contributed by atoms with E-state index in [0.717, 1.165) is 72.2 Å². The maximum absolute atomic E-state index is 12.7. The van der Waals surface area contributed by atoms with E-state index in [4.69, 9.17) is 10.5 Å². The van der Waals surface area contributed by atoms with Gasteiger partial charge in [-0.2, -0.15) is 0 Å². The second kappa shape index (κ2) is 12.1. The zero-order valence-corrected chi connectivity index (χ0v) is 23.0. The lowest BCUT2D eigenvalue weighted by atomic mass is 9.91. The first-order chi connectivity index (χ1) is 19.6. The number of carbonyl (C=O) groups is 1. The van der Waals surface area contributed by atoms with Crippen LogP contribution in [0.2, 0.25) is 0 Å². The van der Waals surface area contributed by atoms with Gasteiger partial charge in [0.25, 0.3) is 0 Å². The van der Waals surface area contributed by atoms with Gasteiger partial charge in [-0.25, -0.2) is 9.97 Å². The number of nitrogens with one attached hydrogen (secondary N) is 1. The molecule has 0 atom stereocenters. The molecule has 2 aliphatic rings. The average molecular weight is 539 g/mol. The molecule has 8 heteroatoms. The number of nitrogen functional groups attached to an aromatic ring is 1. The highest BCUT2D eigenvalue weighted by molar-refractivity contribution is 6.00. The van der Waals surface area contributed by atoms with Gasteiger partial charge in [0.05, 0.1) is 11.9 Å². The molecule has 8 nitrogen and oxygen atoms in total. The smallest absolute Gasteiger partial charge is 0.234 e. The molecule has 1 aliphatic carbocycles. The lowest BCUT2D eigenvalue weighted by molar-refractivity contribution is -0.123. The summed E-state index contributed by atoms with van der Waals surface area (Å²) < 4.78 is 8.37. The number of amides is 1. The van der Waals surface area contributed by atoms with Crippen LogP contribution in [0.1, 0.15) is 56.6 Å². The molecule has 40 heavy (non-hydrogen) atoms. The fraction of sp³-hybridized carbons (Fsp3) is 0.406. The summed E-state index contributed by atoms with van der Waals surface area (Å²) in [6, 6.07) is 18.8. The Labute approximate surface area is 235 Å². The zero-order chi connectivity index (χ0) is 27.3. The second-order valence-electron chi connectivity index (χ2n) is 11.1. The van der Waals surface area contributed by atoms with Crippen molar-refractivity contribution in [3.05, 3.63) is 72.7 Å². The van der Waals surface area contributed by atoms with Crippen molar-refractivity contribution in [3.63, 3.8) is 0 Å². The summed E-state index contributed by atoms with van der Waals surface area (Å²) >= 11 is 0. The van der Waals surface area contributed by atoms with Crippen LogP contribution >= 0.6 is 0 Å². The SMILES string of the molecule is Nc1ncnc2c1c(-c1cccc(OCc3ccccc3)c1)cn2[C@H]1CC[C@@H](NC(=O)CN2CCCCC2)CC1. The van der Waals surface area contributed by atoms with Crippen LogP contribution in [-0.2, 0) is 11.4 Å². The third-order valence-electron chi connectivity index (χ3n) is 8.30. The molecule has 4 aromatic rings. The summed E-state index contributed by atoms with van der Waals surface area (Å²) in [5.41, 5.74) is 10.4. The number of carbonyl (C=O) groups excluding carboxylic acids is 1. The van der Waals surface area contributed by atoms with E-state index in [1.54, 1.807) is 6.33 Å². The van der Waals surface area contributed by atoms with Crippen molar-refractivity contribution in [2.45, 2.75) is 63.6 Å². The number of rotatable bonds is 8. The Balaban J connectivity index is 1.16. The first-order valence-electron chi connectivity index (χ1n) is 14.5. The van der Waals surface area contributed by atoms with Crippen LogP contribution in [0.15, 0.2) is 67.1 Å². The highest BCUT2D eigenvalue weighted by Gasteiger charge is 2.27. The molecular formula is C32H38N6O2. The Morgan fingerprint density at radius 1 is 0.975 bits per heavy atom. The van der Waals surface area contributed by atoms with Crippen molar-refractivity contribution in [1.82, 2.24) is 24.8 Å². The minimum absolute atomic E-state index is 0.161. The Kier molecular flexibility index (Phi) is 7.95. The Morgan fingerprint density at radius 3 is 2.58 bits per heavy atom. The maximum atomic E-state index is 12.7. The number of nitrogens with two attached hydrogens (primary N) is 1. The number of likely N-dealkylation sites (tertiary alicyclic amines) is 1. The van der Waals surface area contributed by atoms with Gasteiger partial charge in [0, 0.05) is 23.8 Å². The number of benzene rings is 2. The normalized spacial score (nSPS) is 19.9. The first-order valence-corrected chi connectivity index (χ1v) is 14.5. The van der Waals surface area contributed by atoms with Gasteiger partial charge in [-0.3, -0.25) is 9.69 Å². The van der Waals surface area contributed by atoms with Gasteiger partial charge >= 0.3 is 0 Å². The molecule has 1 saturated carbocycles. The van der Waals surface area contributed by atoms with Crippen LogP contribution in [0.3, 0.4) is 0 Å². The highest BCUT2D eigenvalue weighted by atomic mass is 16.5. The van der Waals surface area contributed by atoms with Crippen LogP contribution < -0.4 is 15.8 Å². The van der Waals surface area contributed by atoms with Gasteiger partial charge < -0.3 is 20.4 Å². The van der Waals surface area contributed by atoms with Crippen molar-refractivity contribution in [2.75, 3.05) is 25.4 Å². The van der Waals surface area contributed by atoms with E-state index in [0.29, 0.717) is 25.0 Å². The number of nitrogens with zero attached hydrogens (tertiary/aromatic N) is 4. The quantitative estimate of drug-likeness (QED) is 0.314. The zero-order valence-electron chi connectivity index (χ0n) is 23.0. The van der Waals surface area contributed by atoms with Crippen LogP contribution in [0.4, 0.5) is 5.82 Å². The molecule has 1 aliphatic heterocycles. The number of aromatic nitrogens is 3. The van der Waals surface area contributed by atoms with Crippen LogP contribution in [0.25, 0.3) is 22.2 Å². The Bertz CT molecular complexity index is 1440. The predicted octanol–water partition coefficient (Wildman–Crippen LogP) is 5.35. The van der Waals surface area contributed by atoms with Crippen LogP contribution in [-0.4, -0.2) is 51.0 Å². The Morgan fingerprint density at radius 2 is 1.77 bits per heavy atom. The number of ether oxygens (including phenoxy) is 1. The van der Waals surface area contributed by atoms with Crippen molar-refractivity contribution >= 4 is 22.8 Å². The summed E-state index contributed by atoms with van der Waals surface area (Å²) in [6.07, 6.45) is 11.2. The van der Waals surface area contributed by atoms with E-state index in [1.165, 1.54) is 19.3 Å². The summed E-state index contributed by atoms with van der Waals surface area (Å²) in [6.45, 7) is 3.11. The standard InChI is InChI=1S/C32H38N6O2/c33-31-30-28(24-10-7-11-27(18-24)40-21-23-8-3-1-4-9-23)19-38(32(30)35-22-34-31)26-14-12-25(13-15-26)36-29(39)20-37-16-5-2-6-17-37/h1,3-4,7-11,18-19,22,25-26H,2,5-6,12-17,20-21H2,(H,36,39)(H2,33,34,35)/t25-,26+. The number of anilines is 1. The molecular weight excluding hydrogens is 500 g/mol. The minimum Gasteiger partial charge on any atom is -0.489 e. The predicted molar refractivity (Wildman–Crippen MR) is 158 cm³/mol. The van der Waals surface area contributed by atoms with Gasteiger partial charge in [0.15, 0.2) is 0 Å². The molecule has 3 heterocycles. The first kappa shape index (κ1) is 26.3. The van der Waals surface area contributed by atoms with E-state index in [1.807, 2.05) is 30.3 Å². The maximum Gasteiger partial charge on any atom is 0.234 e. The topological polar surface area (TPSA) is 98.3 Å². The molecule has 0 unspecified atom stereocenters. The van der Waals surface area contributed by atoms with Gasteiger partial charge in [-0.05, 0) is 74.9 Å².